The van der Waals surface area contributed by atoms with Crippen LogP contribution in [-0.4, -0.2) is 20.2 Å². The second-order valence-electron chi connectivity index (χ2n) is 6.03. The fraction of sp³-hybridized carbons (Fsp3) is 0.211. The molecule has 2 aromatic carbocycles. The van der Waals surface area contributed by atoms with Gasteiger partial charge in [0.2, 0.25) is 0 Å². The normalized spacial score (nSPS) is 16.8. The lowest BCUT2D eigenvalue weighted by Gasteiger charge is -2.25. The van der Waals surface area contributed by atoms with Gasteiger partial charge in [-0.1, -0.05) is 42.0 Å². The smallest absolute Gasteiger partial charge is 0.265 e. The van der Waals surface area contributed by atoms with Crippen LogP contribution in [0.2, 0.25) is 0 Å². The Kier molecular flexibility index (Phi) is 4.28. The van der Waals surface area contributed by atoms with E-state index in [9.17, 15) is 13.2 Å². The Bertz CT molecular complexity index is 897. The summed E-state index contributed by atoms with van der Waals surface area (Å²) < 4.78 is 27.6. The van der Waals surface area contributed by atoms with Gasteiger partial charge in [0.05, 0.1) is 10.6 Å². The minimum atomic E-state index is -3.80. The zero-order chi connectivity index (χ0) is 17.3. The molecule has 2 aromatic rings. The first kappa shape index (κ1) is 16.5. The largest absolute Gasteiger partial charge is 0.292 e. The van der Waals surface area contributed by atoms with E-state index in [0.717, 1.165) is 5.57 Å². The molecule has 1 aliphatic heterocycles. The van der Waals surface area contributed by atoms with Crippen LogP contribution in [0, 0.1) is 0 Å². The predicted octanol–water partition coefficient (Wildman–Crippen LogP) is 3.80. The average Bonchev–Trinajstić information content (AvgIpc) is 2.87. The van der Waals surface area contributed by atoms with Crippen LogP contribution >= 0.6 is 0 Å². The minimum absolute atomic E-state index is 0.150. The lowest BCUT2D eigenvalue weighted by Crippen LogP contribution is -2.39. The molecule has 1 atom stereocenters. The summed E-state index contributed by atoms with van der Waals surface area (Å²) in [6, 6.07) is 14.4. The van der Waals surface area contributed by atoms with E-state index in [0.29, 0.717) is 17.7 Å². The highest BCUT2D eigenvalue weighted by Gasteiger charge is 2.43. The molecule has 1 heterocycles. The summed E-state index contributed by atoms with van der Waals surface area (Å²) in [5, 5.41) is 0. The van der Waals surface area contributed by atoms with Crippen molar-refractivity contribution in [1.29, 1.82) is 0 Å². The van der Waals surface area contributed by atoms with Gasteiger partial charge in [-0.3, -0.25) is 9.10 Å². The number of sulfonamides is 1. The van der Waals surface area contributed by atoms with E-state index >= 15 is 0 Å². The Balaban J connectivity index is 2.14. The van der Waals surface area contributed by atoms with Gasteiger partial charge in [0.15, 0.2) is 5.78 Å². The van der Waals surface area contributed by atoms with Crippen molar-refractivity contribution in [3.8, 4) is 0 Å². The number of fused-ring (bicyclic) bond motifs is 1. The Morgan fingerprint density at radius 2 is 1.67 bits per heavy atom. The molecule has 1 aliphatic rings. The van der Waals surface area contributed by atoms with Crippen molar-refractivity contribution >= 4 is 21.5 Å². The molecule has 0 aliphatic carbocycles. The monoisotopic (exact) mass is 341 g/mol. The van der Waals surface area contributed by atoms with Gasteiger partial charge in [0, 0.05) is 5.56 Å². The van der Waals surface area contributed by atoms with Crippen LogP contribution in [-0.2, 0) is 10.0 Å². The first-order valence-corrected chi connectivity index (χ1v) is 9.23. The zero-order valence-corrected chi connectivity index (χ0v) is 14.5. The van der Waals surface area contributed by atoms with Crippen LogP contribution in [0.15, 0.2) is 71.1 Å². The van der Waals surface area contributed by atoms with E-state index in [1.54, 1.807) is 54.6 Å². The van der Waals surface area contributed by atoms with Crippen molar-refractivity contribution in [2.45, 2.75) is 31.2 Å². The molecule has 24 heavy (non-hydrogen) atoms. The Labute approximate surface area is 142 Å². The van der Waals surface area contributed by atoms with Crippen LogP contribution in [0.3, 0.4) is 0 Å². The van der Waals surface area contributed by atoms with E-state index in [1.807, 2.05) is 19.9 Å². The van der Waals surface area contributed by atoms with Gasteiger partial charge in [-0.15, -0.1) is 0 Å². The molecule has 0 N–H and O–H groups in total. The SMILES string of the molecule is CC(C)=CCC1C(=O)c2ccccc2N1S(=O)(=O)c1ccccc1. The lowest BCUT2D eigenvalue weighted by atomic mass is 10.1. The van der Waals surface area contributed by atoms with Crippen molar-refractivity contribution in [2.75, 3.05) is 4.31 Å². The summed E-state index contributed by atoms with van der Waals surface area (Å²) in [4.78, 5) is 13.0. The second kappa shape index (κ2) is 6.24. The molecular weight excluding hydrogens is 322 g/mol. The molecule has 0 spiro atoms. The predicted molar refractivity (Wildman–Crippen MR) is 94.7 cm³/mol. The van der Waals surface area contributed by atoms with Gasteiger partial charge >= 0.3 is 0 Å². The fourth-order valence-electron chi connectivity index (χ4n) is 2.88. The summed E-state index contributed by atoms with van der Waals surface area (Å²) >= 11 is 0. The molecular formula is C19H19NO3S. The number of Topliss-reactive ketones (excluding diaryl/α,β-unsaturated/α-hetero) is 1. The quantitative estimate of drug-likeness (QED) is 0.795. The zero-order valence-electron chi connectivity index (χ0n) is 13.6. The maximum atomic E-state index is 13.2. The van der Waals surface area contributed by atoms with Crippen LogP contribution in [0.1, 0.15) is 30.6 Å². The maximum absolute atomic E-state index is 13.2. The summed E-state index contributed by atoms with van der Waals surface area (Å²) in [6.45, 7) is 3.87. The molecule has 0 saturated carbocycles. The molecule has 0 amide bonds. The Morgan fingerprint density at radius 1 is 1.04 bits per heavy atom. The second-order valence-corrected chi connectivity index (χ2v) is 7.84. The van der Waals surface area contributed by atoms with Crippen molar-refractivity contribution in [1.82, 2.24) is 0 Å². The topological polar surface area (TPSA) is 54.5 Å². The summed E-state index contributed by atoms with van der Waals surface area (Å²) in [5.41, 5.74) is 1.97. The first-order chi connectivity index (χ1) is 11.4. The molecule has 0 radical (unpaired) electrons. The standard InChI is InChI=1S/C19H19NO3S/c1-14(2)12-13-18-19(21)16-10-6-7-11-17(16)20(18)24(22,23)15-8-4-3-5-9-15/h3-12,18H,13H2,1-2H3. The highest BCUT2D eigenvalue weighted by atomic mass is 32.2. The van der Waals surface area contributed by atoms with E-state index < -0.39 is 16.1 Å². The molecule has 1 unspecified atom stereocenters. The first-order valence-electron chi connectivity index (χ1n) is 7.79. The van der Waals surface area contributed by atoms with Gasteiger partial charge in [-0.2, -0.15) is 0 Å². The number of hydrogen-bond acceptors (Lipinski definition) is 3. The molecule has 0 aromatic heterocycles. The van der Waals surface area contributed by atoms with Crippen molar-refractivity contribution < 1.29 is 13.2 Å². The van der Waals surface area contributed by atoms with Crippen LogP contribution < -0.4 is 4.31 Å². The van der Waals surface area contributed by atoms with E-state index in [4.69, 9.17) is 0 Å². The molecule has 4 nitrogen and oxygen atoms in total. The number of para-hydroxylation sites is 1. The minimum Gasteiger partial charge on any atom is -0.292 e. The molecule has 0 saturated heterocycles. The van der Waals surface area contributed by atoms with Gasteiger partial charge in [0.1, 0.15) is 6.04 Å². The molecule has 0 fully saturated rings. The third-order valence-corrected chi connectivity index (χ3v) is 5.88. The van der Waals surface area contributed by atoms with E-state index in [2.05, 4.69) is 0 Å². The number of carbonyl (C=O) groups excluding carboxylic acids is 1. The van der Waals surface area contributed by atoms with Crippen molar-refractivity contribution in [3.63, 3.8) is 0 Å². The van der Waals surface area contributed by atoms with Crippen molar-refractivity contribution in [2.24, 2.45) is 0 Å². The van der Waals surface area contributed by atoms with Crippen molar-refractivity contribution in [3.05, 3.63) is 71.8 Å². The molecule has 124 valence electrons. The maximum Gasteiger partial charge on any atom is 0.265 e. The highest BCUT2D eigenvalue weighted by Crippen LogP contribution is 2.38. The third-order valence-electron chi connectivity index (χ3n) is 4.04. The summed E-state index contributed by atoms with van der Waals surface area (Å²) in [6.07, 6.45) is 2.27. The Morgan fingerprint density at radius 3 is 2.33 bits per heavy atom. The fourth-order valence-corrected chi connectivity index (χ4v) is 4.54. The van der Waals surface area contributed by atoms with Crippen LogP contribution in [0.25, 0.3) is 0 Å². The average molecular weight is 341 g/mol. The molecule has 3 rings (SSSR count). The number of anilines is 1. The van der Waals surface area contributed by atoms with Gasteiger partial charge in [0.25, 0.3) is 10.0 Å². The molecule has 5 heteroatoms. The summed E-state index contributed by atoms with van der Waals surface area (Å²) in [7, 11) is -3.80. The van der Waals surface area contributed by atoms with Gasteiger partial charge in [-0.25, -0.2) is 8.42 Å². The number of hydrogen-bond donors (Lipinski definition) is 0. The lowest BCUT2D eigenvalue weighted by molar-refractivity contribution is 0.0975. The van der Waals surface area contributed by atoms with E-state index in [-0.39, 0.29) is 10.7 Å². The number of allylic oxidation sites excluding steroid dienone is 1. The molecule has 0 bridgehead atoms. The van der Waals surface area contributed by atoms with E-state index in [1.165, 1.54) is 4.31 Å². The number of carbonyl (C=O) groups is 1. The van der Waals surface area contributed by atoms with Crippen LogP contribution in [0.4, 0.5) is 5.69 Å². The van der Waals surface area contributed by atoms with Gasteiger partial charge < -0.3 is 0 Å². The summed E-state index contributed by atoms with van der Waals surface area (Å²) in [5.74, 6) is -0.150. The number of rotatable bonds is 4. The van der Waals surface area contributed by atoms with Gasteiger partial charge in [-0.05, 0) is 44.5 Å². The van der Waals surface area contributed by atoms with Crippen LogP contribution in [0.5, 0.6) is 0 Å². The Hall–Kier alpha value is -2.40. The number of nitrogens with zero attached hydrogens (tertiary/aromatic N) is 1. The number of benzene rings is 2. The highest BCUT2D eigenvalue weighted by molar-refractivity contribution is 7.93. The third kappa shape index (κ3) is 2.76. The number of ketones is 1.